The first-order chi connectivity index (χ1) is 9.27. The first-order valence-corrected chi connectivity index (χ1v) is 7.08. The Morgan fingerprint density at radius 2 is 1.25 bits per heavy atom. The zero-order valence-corrected chi connectivity index (χ0v) is 13.2. The van der Waals surface area contributed by atoms with Crippen LogP contribution in [0.25, 0.3) is 0 Å². The van der Waals surface area contributed by atoms with Crippen LogP contribution in [-0.4, -0.2) is 22.2 Å². The van der Waals surface area contributed by atoms with Gasteiger partial charge in [-0.15, -0.1) is 0 Å². The molecule has 4 nitrogen and oxygen atoms in total. The minimum absolute atomic E-state index is 0.176. The van der Waals surface area contributed by atoms with E-state index in [2.05, 4.69) is 20.4 Å². The molecular weight excluding hydrogens is 256 g/mol. The molecule has 0 heterocycles. The molecule has 20 heavy (non-hydrogen) atoms. The van der Waals surface area contributed by atoms with Gasteiger partial charge < -0.3 is 10.2 Å². The van der Waals surface area contributed by atoms with Crippen molar-refractivity contribution in [2.45, 2.75) is 66.2 Å². The predicted molar refractivity (Wildman–Crippen MR) is 81.8 cm³/mol. The predicted octanol–water partition coefficient (Wildman–Crippen LogP) is 4.42. The van der Waals surface area contributed by atoms with Gasteiger partial charge in [0.25, 0.3) is 0 Å². The van der Waals surface area contributed by atoms with Crippen LogP contribution in [0.5, 0.6) is 0 Å². The molecule has 0 unspecified atom stereocenters. The van der Waals surface area contributed by atoms with E-state index in [1.807, 2.05) is 0 Å². The molecule has 0 saturated heterocycles. The lowest BCUT2D eigenvalue weighted by Crippen LogP contribution is -2.01. The van der Waals surface area contributed by atoms with Crippen LogP contribution in [0.1, 0.15) is 66.2 Å². The Morgan fingerprint density at radius 3 is 1.45 bits per heavy atom. The average molecular weight is 284 g/mol. The van der Waals surface area contributed by atoms with E-state index in [0.29, 0.717) is 5.57 Å². The Kier molecular flexibility index (Phi) is 12.9. The van der Waals surface area contributed by atoms with Crippen LogP contribution in [0, 0.1) is 0 Å². The molecule has 0 aliphatic heterocycles. The van der Waals surface area contributed by atoms with Crippen molar-refractivity contribution in [1.82, 2.24) is 0 Å². The van der Waals surface area contributed by atoms with E-state index in [0.717, 1.165) is 44.1 Å². The minimum atomic E-state index is -0.935. The van der Waals surface area contributed by atoms with E-state index < -0.39 is 11.9 Å². The molecule has 0 radical (unpaired) electrons. The van der Waals surface area contributed by atoms with Gasteiger partial charge in [-0.25, -0.2) is 9.59 Å². The Hall–Kier alpha value is -1.58. The molecule has 0 aromatic rings. The van der Waals surface area contributed by atoms with Crippen molar-refractivity contribution in [2.24, 2.45) is 0 Å². The highest BCUT2D eigenvalue weighted by Crippen LogP contribution is 2.19. The number of aliphatic carboxylic acids is 2. The topological polar surface area (TPSA) is 74.6 Å². The van der Waals surface area contributed by atoms with Crippen molar-refractivity contribution in [3.8, 4) is 0 Å². The maximum atomic E-state index is 10.8. The van der Waals surface area contributed by atoms with Gasteiger partial charge in [0.1, 0.15) is 0 Å². The van der Waals surface area contributed by atoms with Crippen molar-refractivity contribution < 1.29 is 19.8 Å². The normalized spacial score (nSPS) is 9.20. The lowest BCUT2D eigenvalue weighted by Gasteiger charge is -2.08. The first kappa shape index (κ1) is 20.7. The van der Waals surface area contributed by atoms with Crippen molar-refractivity contribution in [1.29, 1.82) is 0 Å². The molecule has 0 fully saturated rings. The Balaban J connectivity index is 0. The molecule has 0 saturated carbocycles. The van der Waals surface area contributed by atoms with Gasteiger partial charge in [-0.2, -0.15) is 0 Å². The number of carboxylic acid groups (broad SMARTS) is 2. The van der Waals surface area contributed by atoms with Crippen LogP contribution in [0.4, 0.5) is 0 Å². The summed E-state index contributed by atoms with van der Waals surface area (Å²) in [7, 11) is 0. The van der Waals surface area contributed by atoms with Gasteiger partial charge >= 0.3 is 11.9 Å². The number of carboxylic acids is 2. The van der Waals surface area contributed by atoms with E-state index in [1.54, 1.807) is 6.92 Å². The smallest absolute Gasteiger partial charge is 0.331 e. The van der Waals surface area contributed by atoms with E-state index >= 15 is 0 Å². The van der Waals surface area contributed by atoms with E-state index in [9.17, 15) is 9.59 Å². The largest absolute Gasteiger partial charge is 0.478 e. The fourth-order valence-electron chi connectivity index (χ4n) is 1.43. The fraction of sp³-hybridized carbons (Fsp3) is 0.625. The molecule has 0 aliphatic carbocycles. The summed E-state index contributed by atoms with van der Waals surface area (Å²) in [5.41, 5.74) is 1.88. The zero-order valence-electron chi connectivity index (χ0n) is 13.2. The SMILES string of the molecule is C=C(C)C(=O)O.CCCCC(CCCC)=C(C)C(=O)O. The van der Waals surface area contributed by atoms with Crippen LogP contribution >= 0.6 is 0 Å². The third kappa shape index (κ3) is 11.5. The maximum Gasteiger partial charge on any atom is 0.331 e. The molecule has 0 bridgehead atoms. The second kappa shape index (κ2) is 12.5. The highest BCUT2D eigenvalue weighted by molar-refractivity contribution is 5.86. The summed E-state index contributed by atoms with van der Waals surface area (Å²) in [4.78, 5) is 20.4. The van der Waals surface area contributed by atoms with Gasteiger partial charge in [0, 0.05) is 11.1 Å². The highest BCUT2D eigenvalue weighted by atomic mass is 16.4. The summed E-state index contributed by atoms with van der Waals surface area (Å²) in [5.74, 6) is -1.69. The molecule has 0 aliphatic rings. The van der Waals surface area contributed by atoms with Crippen molar-refractivity contribution in [3.05, 3.63) is 23.3 Å². The average Bonchev–Trinajstić information content (AvgIpc) is 2.38. The first-order valence-electron chi connectivity index (χ1n) is 7.08. The van der Waals surface area contributed by atoms with Crippen LogP contribution in [-0.2, 0) is 9.59 Å². The molecule has 2 N–H and O–H groups in total. The van der Waals surface area contributed by atoms with E-state index in [-0.39, 0.29) is 5.57 Å². The molecule has 116 valence electrons. The van der Waals surface area contributed by atoms with E-state index in [4.69, 9.17) is 10.2 Å². The highest BCUT2D eigenvalue weighted by Gasteiger charge is 2.08. The van der Waals surface area contributed by atoms with Gasteiger partial charge in [0.2, 0.25) is 0 Å². The van der Waals surface area contributed by atoms with E-state index in [1.165, 1.54) is 6.92 Å². The van der Waals surface area contributed by atoms with Gasteiger partial charge in [-0.3, -0.25) is 0 Å². The number of unbranched alkanes of at least 4 members (excludes halogenated alkanes) is 2. The van der Waals surface area contributed by atoms with Gasteiger partial charge in [0.05, 0.1) is 0 Å². The Labute approximate surface area is 122 Å². The van der Waals surface area contributed by atoms with Crippen molar-refractivity contribution >= 4 is 11.9 Å². The van der Waals surface area contributed by atoms with Gasteiger partial charge in [0.15, 0.2) is 0 Å². The summed E-state index contributed by atoms with van der Waals surface area (Å²) < 4.78 is 0. The fourth-order valence-corrected chi connectivity index (χ4v) is 1.43. The van der Waals surface area contributed by atoms with Crippen LogP contribution < -0.4 is 0 Å². The van der Waals surface area contributed by atoms with Gasteiger partial charge in [-0.1, -0.05) is 38.8 Å². The summed E-state index contributed by atoms with van der Waals surface area (Å²) in [6.07, 6.45) is 6.36. The van der Waals surface area contributed by atoms with Crippen LogP contribution in [0.2, 0.25) is 0 Å². The Bertz CT molecular complexity index is 331. The quantitative estimate of drug-likeness (QED) is 0.647. The monoisotopic (exact) mass is 284 g/mol. The minimum Gasteiger partial charge on any atom is -0.478 e. The summed E-state index contributed by atoms with van der Waals surface area (Å²) in [6, 6.07) is 0. The van der Waals surface area contributed by atoms with Crippen LogP contribution in [0.3, 0.4) is 0 Å². The molecule has 0 amide bonds. The van der Waals surface area contributed by atoms with Crippen LogP contribution in [0.15, 0.2) is 23.3 Å². The lowest BCUT2D eigenvalue weighted by atomic mass is 9.98. The second-order valence-electron chi connectivity index (χ2n) is 4.83. The van der Waals surface area contributed by atoms with Gasteiger partial charge in [-0.05, 0) is 39.5 Å². The number of rotatable bonds is 8. The third-order valence-electron chi connectivity index (χ3n) is 2.88. The standard InChI is InChI=1S/C12H22O2.C4H6O2/c1-4-6-8-11(9-7-5-2)10(3)12(13)14;1-3(2)4(5)6/h4-9H2,1-3H3,(H,13,14);1H2,2H3,(H,5,6). The molecular formula is C16H28O4. The third-order valence-corrected chi connectivity index (χ3v) is 2.88. The summed E-state index contributed by atoms with van der Waals surface area (Å²) >= 11 is 0. The second-order valence-corrected chi connectivity index (χ2v) is 4.83. The number of carbonyl (C=O) groups is 2. The Morgan fingerprint density at radius 1 is 0.900 bits per heavy atom. The molecule has 4 heteroatoms. The zero-order chi connectivity index (χ0) is 16.1. The summed E-state index contributed by atoms with van der Waals surface area (Å²) in [6.45, 7) is 10.6. The molecule has 0 atom stereocenters. The summed E-state index contributed by atoms with van der Waals surface area (Å²) in [5, 5.41) is 16.8. The molecule has 0 aromatic carbocycles. The number of hydrogen-bond acceptors (Lipinski definition) is 2. The lowest BCUT2D eigenvalue weighted by molar-refractivity contribution is -0.133. The number of allylic oxidation sites excluding steroid dienone is 1. The van der Waals surface area contributed by atoms with Crippen molar-refractivity contribution in [2.75, 3.05) is 0 Å². The molecule has 0 aromatic heterocycles. The number of hydrogen-bond donors (Lipinski definition) is 2. The molecule has 0 spiro atoms. The molecule has 0 rings (SSSR count). The maximum absolute atomic E-state index is 10.8. The van der Waals surface area contributed by atoms with Crippen molar-refractivity contribution in [3.63, 3.8) is 0 Å².